The molecule has 0 bridgehead atoms. The van der Waals surface area contributed by atoms with Crippen molar-refractivity contribution in [2.24, 2.45) is 7.05 Å². The molecule has 0 aliphatic heterocycles. The number of hydrogen-bond donors (Lipinski definition) is 1. The quantitative estimate of drug-likeness (QED) is 0.906. The minimum absolute atomic E-state index is 0.241. The normalized spacial score (nSPS) is 10.7. The van der Waals surface area contributed by atoms with Crippen LogP contribution in [0, 0.1) is 13.8 Å². The number of amides is 1. The molecule has 5 heteroatoms. The van der Waals surface area contributed by atoms with Crippen LogP contribution in [-0.4, -0.2) is 15.7 Å². The van der Waals surface area contributed by atoms with Crippen molar-refractivity contribution in [2.45, 2.75) is 27.2 Å². The first kappa shape index (κ1) is 12.4. The highest BCUT2D eigenvalue weighted by Gasteiger charge is 2.18. The summed E-state index contributed by atoms with van der Waals surface area (Å²) in [4.78, 5) is 12.1. The van der Waals surface area contributed by atoms with Crippen molar-refractivity contribution in [3.63, 3.8) is 0 Å². The fourth-order valence-corrected chi connectivity index (χ4v) is 2.05. The zero-order valence-corrected chi connectivity index (χ0v) is 11.1. The summed E-state index contributed by atoms with van der Waals surface area (Å²) in [6.07, 6.45) is 2.34. The molecule has 2 aromatic rings. The fraction of sp³-hybridized carbons (Fsp3) is 0.385. The molecule has 1 N–H and O–H groups in total. The van der Waals surface area contributed by atoms with E-state index in [9.17, 15) is 4.79 Å². The number of nitrogens with one attached hydrogen (secondary N) is 1. The van der Waals surface area contributed by atoms with Gasteiger partial charge < -0.3 is 9.73 Å². The molecular weight excluding hydrogens is 230 g/mol. The van der Waals surface area contributed by atoms with Crippen molar-refractivity contribution >= 4 is 11.7 Å². The summed E-state index contributed by atoms with van der Waals surface area (Å²) in [5.41, 5.74) is 2.81. The molecule has 1 amide bonds. The van der Waals surface area contributed by atoms with Crippen LogP contribution in [0.1, 0.15) is 34.3 Å². The molecule has 0 saturated carbocycles. The Labute approximate surface area is 106 Å². The van der Waals surface area contributed by atoms with E-state index >= 15 is 0 Å². The minimum Gasteiger partial charge on any atom is -0.459 e. The number of anilines is 1. The number of aryl methyl sites for hydroxylation is 3. The molecule has 0 spiro atoms. The topological polar surface area (TPSA) is 60.1 Å². The van der Waals surface area contributed by atoms with Crippen molar-refractivity contribution < 1.29 is 9.21 Å². The van der Waals surface area contributed by atoms with E-state index in [-0.39, 0.29) is 5.91 Å². The Bertz CT molecular complexity index is 581. The van der Waals surface area contributed by atoms with Gasteiger partial charge in [-0.2, -0.15) is 5.10 Å². The number of rotatable bonds is 3. The molecule has 0 aliphatic rings. The third-order valence-corrected chi connectivity index (χ3v) is 3.00. The van der Waals surface area contributed by atoms with Gasteiger partial charge in [0.1, 0.15) is 5.82 Å². The van der Waals surface area contributed by atoms with Gasteiger partial charge in [-0.1, -0.05) is 6.92 Å². The Morgan fingerprint density at radius 3 is 2.78 bits per heavy atom. The number of carbonyl (C=O) groups excluding carboxylic acids is 1. The molecule has 2 aromatic heterocycles. The van der Waals surface area contributed by atoms with Crippen molar-refractivity contribution in [1.82, 2.24) is 9.78 Å². The summed E-state index contributed by atoms with van der Waals surface area (Å²) in [5, 5.41) is 7.17. The Balaban J connectivity index is 2.30. The van der Waals surface area contributed by atoms with Crippen LogP contribution in [0.15, 0.2) is 16.7 Å². The van der Waals surface area contributed by atoms with E-state index in [0.717, 1.165) is 29.1 Å². The first-order chi connectivity index (χ1) is 8.54. The highest BCUT2D eigenvalue weighted by molar-refractivity contribution is 6.03. The number of aromatic nitrogens is 2. The molecule has 2 rings (SSSR count). The largest absolute Gasteiger partial charge is 0.459 e. The first-order valence-corrected chi connectivity index (χ1v) is 5.92. The molecule has 0 aromatic carbocycles. The van der Waals surface area contributed by atoms with Crippen LogP contribution in [0.3, 0.4) is 0 Å². The second kappa shape index (κ2) is 4.68. The van der Waals surface area contributed by atoms with Crippen LogP contribution in [0.25, 0.3) is 0 Å². The van der Waals surface area contributed by atoms with Gasteiger partial charge in [0.25, 0.3) is 5.91 Å². The van der Waals surface area contributed by atoms with Gasteiger partial charge in [-0.3, -0.25) is 9.48 Å². The van der Waals surface area contributed by atoms with Gasteiger partial charge in [-0.05, 0) is 26.3 Å². The van der Waals surface area contributed by atoms with Gasteiger partial charge in [0.05, 0.1) is 12.0 Å². The van der Waals surface area contributed by atoms with Gasteiger partial charge in [-0.25, -0.2) is 0 Å². The average molecular weight is 247 g/mol. The van der Waals surface area contributed by atoms with Gasteiger partial charge in [0.15, 0.2) is 5.76 Å². The average Bonchev–Trinajstić information content (AvgIpc) is 2.84. The second-order valence-electron chi connectivity index (χ2n) is 4.28. The highest BCUT2D eigenvalue weighted by atomic mass is 16.3. The van der Waals surface area contributed by atoms with Crippen LogP contribution >= 0.6 is 0 Å². The third-order valence-electron chi connectivity index (χ3n) is 3.00. The predicted octanol–water partition coefficient (Wildman–Crippen LogP) is 2.44. The van der Waals surface area contributed by atoms with Gasteiger partial charge in [0.2, 0.25) is 0 Å². The SMILES string of the molecule is CCc1c(C)nn(C)c1NC(=O)c1occc1C. The zero-order valence-electron chi connectivity index (χ0n) is 11.1. The molecule has 0 unspecified atom stereocenters. The number of hydrogen-bond acceptors (Lipinski definition) is 3. The smallest absolute Gasteiger partial charge is 0.292 e. The Morgan fingerprint density at radius 1 is 1.50 bits per heavy atom. The van der Waals surface area contributed by atoms with Crippen LogP contribution in [0.5, 0.6) is 0 Å². The van der Waals surface area contributed by atoms with Crippen molar-refractivity contribution in [3.05, 3.63) is 34.9 Å². The lowest BCUT2D eigenvalue weighted by Crippen LogP contribution is -2.15. The first-order valence-electron chi connectivity index (χ1n) is 5.92. The summed E-state index contributed by atoms with van der Waals surface area (Å²) in [6.45, 7) is 5.82. The molecule has 0 fully saturated rings. The van der Waals surface area contributed by atoms with E-state index in [0.29, 0.717) is 5.76 Å². The van der Waals surface area contributed by atoms with Crippen molar-refractivity contribution in [1.29, 1.82) is 0 Å². The maximum atomic E-state index is 12.1. The van der Waals surface area contributed by atoms with Crippen LogP contribution in [0.4, 0.5) is 5.82 Å². The van der Waals surface area contributed by atoms with E-state index in [1.54, 1.807) is 10.7 Å². The van der Waals surface area contributed by atoms with Gasteiger partial charge >= 0.3 is 0 Å². The fourth-order valence-electron chi connectivity index (χ4n) is 2.05. The maximum Gasteiger partial charge on any atom is 0.292 e. The molecule has 0 radical (unpaired) electrons. The summed E-state index contributed by atoms with van der Waals surface area (Å²) in [6, 6.07) is 1.77. The lowest BCUT2D eigenvalue weighted by molar-refractivity contribution is 0.0995. The van der Waals surface area contributed by atoms with Gasteiger partial charge in [0, 0.05) is 18.2 Å². The lowest BCUT2D eigenvalue weighted by atomic mass is 10.2. The van der Waals surface area contributed by atoms with Crippen molar-refractivity contribution in [2.75, 3.05) is 5.32 Å². The molecule has 0 saturated heterocycles. The van der Waals surface area contributed by atoms with E-state index < -0.39 is 0 Å². The minimum atomic E-state index is -0.241. The van der Waals surface area contributed by atoms with E-state index in [4.69, 9.17) is 4.42 Å². The Hall–Kier alpha value is -2.04. The standard InChI is InChI=1S/C13H17N3O2/c1-5-10-9(3)15-16(4)12(10)14-13(17)11-8(2)6-7-18-11/h6-7H,5H2,1-4H3,(H,14,17). The number of furan rings is 1. The van der Waals surface area contributed by atoms with Crippen molar-refractivity contribution in [3.8, 4) is 0 Å². The molecular formula is C13H17N3O2. The van der Waals surface area contributed by atoms with Crippen LogP contribution in [-0.2, 0) is 13.5 Å². The lowest BCUT2D eigenvalue weighted by Gasteiger charge is -2.06. The summed E-state index contributed by atoms with van der Waals surface area (Å²) in [5.74, 6) is 0.835. The third kappa shape index (κ3) is 2.03. The Morgan fingerprint density at radius 2 is 2.22 bits per heavy atom. The second-order valence-corrected chi connectivity index (χ2v) is 4.28. The van der Waals surface area contributed by atoms with E-state index in [1.807, 2.05) is 27.8 Å². The predicted molar refractivity (Wildman–Crippen MR) is 68.7 cm³/mol. The van der Waals surface area contributed by atoms with E-state index in [2.05, 4.69) is 10.4 Å². The summed E-state index contributed by atoms with van der Waals surface area (Å²) in [7, 11) is 1.82. The molecule has 0 aliphatic carbocycles. The highest BCUT2D eigenvalue weighted by Crippen LogP contribution is 2.20. The molecule has 96 valence electrons. The Kier molecular flexibility index (Phi) is 3.23. The molecule has 0 atom stereocenters. The molecule has 2 heterocycles. The number of nitrogens with zero attached hydrogens (tertiary/aromatic N) is 2. The summed E-state index contributed by atoms with van der Waals surface area (Å²) >= 11 is 0. The maximum absolute atomic E-state index is 12.1. The monoisotopic (exact) mass is 247 g/mol. The molecule has 5 nitrogen and oxygen atoms in total. The van der Waals surface area contributed by atoms with Crippen LogP contribution in [0.2, 0.25) is 0 Å². The zero-order chi connectivity index (χ0) is 13.3. The number of carbonyl (C=O) groups is 1. The summed E-state index contributed by atoms with van der Waals surface area (Å²) < 4.78 is 6.86. The van der Waals surface area contributed by atoms with Gasteiger partial charge in [-0.15, -0.1) is 0 Å². The van der Waals surface area contributed by atoms with Crippen LogP contribution < -0.4 is 5.32 Å². The van der Waals surface area contributed by atoms with E-state index in [1.165, 1.54) is 6.26 Å². The molecule has 18 heavy (non-hydrogen) atoms.